The molecule has 20 heavy (non-hydrogen) atoms. The van der Waals surface area contributed by atoms with Crippen LogP contribution in [-0.4, -0.2) is 46.1 Å². The molecule has 1 fully saturated rings. The van der Waals surface area contributed by atoms with Crippen molar-refractivity contribution in [2.24, 2.45) is 0 Å². The molecule has 0 amide bonds. The highest BCUT2D eigenvalue weighted by Gasteiger charge is 2.23. The molecule has 1 atom stereocenters. The quantitative estimate of drug-likeness (QED) is 0.813. The second kappa shape index (κ2) is 7.50. The van der Waals surface area contributed by atoms with Crippen molar-refractivity contribution in [3.8, 4) is 0 Å². The van der Waals surface area contributed by atoms with Crippen molar-refractivity contribution >= 4 is 11.2 Å². The molecule has 1 aromatic rings. The van der Waals surface area contributed by atoms with E-state index in [0.717, 1.165) is 43.3 Å². The van der Waals surface area contributed by atoms with Gasteiger partial charge in [-0.05, 0) is 25.0 Å². The van der Waals surface area contributed by atoms with E-state index in [1.807, 2.05) is 6.26 Å². The molecule has 0 spiro atoms. The lowest BCUT2D eigenvalue weighted by molar-refractivity contribution is 0.224. The minimum Gasteiger partial charge on any atom is -0.616 e. The van der Waals surface area contributed by atoms with Crippen LogP contribution in [0.1, 0.15) is 32.1 Å². The minimum atomic E-state index is -0.596. The summed E-state index contributed by atoms with van der Waals surface area (Å²) in [5.41, 5.74) is 1.25. The third kappa shape index (κ3) is 4.81. The maximum atomic E-state index is 11.4. The number of hydrogen-bond acceptors (Lipinski definition) is 4. The van der Waals surface area contributed by atoms with Gasteiger partial charge in [-0.3, -0.25) is 4.90 Å². The number of furan rings is 1. The summed E-state index contributed by atoms with van der Waals surface area (Å²) in [4.78, 5) is 2.43. The SMILES string of the molecule is CC(C)NCc1cc(CC(C)N2CC[S+]([O-])CC2)co1. The summed E-state index contributed by atoms with van der Waals surface area (Å²) in [6.45, 7) is 9.20. The van der Waals surface area contributed by atoms with Gasteiger partial charge in [0.15, 0.2) is 0 Å². The van der Waals surface area contributed by atoms with Crippen molar-refractivity contribution in [1.82, 2.24) is 10.2 Å². The first-order valence-corrected chi connectivity index (χ1v) is 8.92. The van der Waals surface area contributed by atoms with E-state index in [-0.39, 0.29) is 0 Å². The summed E-state index contributed by atoms with van der Waals surface area (Å²) >= 11 is -0.596. The van der Waals surface area contributed by atoms with Crippen LogP contribution in [0.15, 0.2) is 16.7 Å². The van der Waals surface area contributed by atoms with Crippen molar-refractivity contribution in [1.29, 1.82) is 0 Å². The Morgan fingerprint density at radius 2 is 2.05 bits per heavy atom. The zero-order valence-corrected chi connectivity index (χ0v) is 13.5. The molecule has 0 radical (unpaired) electrons. The Morgan fingerprint density at radius 3 is 2.70 bits per heavy atom. The Labute approximate surface area is 125 Å². The third-order valence-corrected chi connectivity index (χ3v) is 5.04. The normalized spacial score (nSPS) is 19.6. The van der Waals surface area contributed by atoms with Crippen molar-refractivity contribution in [2.45, 2.75) is 45.8 Å². The predicted octanol–water partition coefficient (Wildman–Crippen LogP) is 1.77. The lowest BCUT2D eigenvalue weighted by Gasteiger charge is -2.32. The molecule has 1 aliphatic rings. The molecule has 4 nitrogen and oxygen atoms in total. The fourth-order valence-corrected chi connectivity index (χ4v) is 3.57. The average molecular weight is 298 g/mol. The molecule has 1 N–H and O–H groups in total. The molecule has 114 valence electrons. The van der Waals surface area contributed by atoms with Crippen LogP contribution in [0.2, 0.25) is 0 Å². The number of hydrogen-bond donors (Lipinski definition) is 1. The molecular weight excluding hydrogens is 272 g/mol. The van der Waals surface area contributed by atoms with Gasteiger partial charge in [-0.25, -0.2) is 0 Å². The highest BCUT2D eigenvalue weighted by Crippen LogP contribution is 2.15. The first kappa shape index (κ1) is 15.9. The summed E-state index contributed by atoms with van der Waals surface area (Å²) in [6.07, 6.45) is 2.87. The maximum absolute atomic E-state index is 11.4. The summed E-state index contributed by atoms with van der Waals surface area (Å²) in [5, 5.41) is 3.36. The molecule has 1 aliphatic heterocycles. The lowest BCUT2D eigenvalue weighted by atomic mass is 10.1. The van der Waals surface area contributed by atoms with E-state index >= 15 is 0 Å². The molecule has 2 rings (SSSR count). The highest BCUT2D eigenvalue weighted by molar-refractivity contribution is 7.91. The molecule has 5 heteroatoms. The largest absolute Gasteiger partial charge is 0.616 e. The number of nitrogens with zero attached hydrogens (tertiary/aromatic N) is 1. The Morgan fingerprint density at radius 1 is 1.35 bits per heavy atom. The van der Waals surface area contributed by atoms with Crippen LogP contribution in [0.25, 0.3) is 0 Å². The molecule has 2 heterocycles. The Hall–Kier alpha value is -0.490. The second-order valence-corrected chi connectivity index (χ2v) is 7.59. The molecule has 1 saturated heterocycles. The number of nitrogens with one attached hydrogen (secondary N) is 1. The summed E-state index contributed by atoms with van der Waals surface area (Å²) in [5.74, 6) is 2.64. The van der Waals surface area contributed by atoms with Gasteiger partial charge in [-0.1, -0.05) is 25.0 Å². The molecule has 0 saturated carbocycles. The van der Waals surface area contributed by atoms with Gasteiger partial charge < -0.3 is 14.3 Å². The van der Waals surface area contributed by atoms with E-state index in [2.05, 4.69) is 37.1 Å². The molecule has 0 aromatic carbocycles. The van der Waals surface area contributed by atoms with Crippen LogP contribution in [0.5, 0.6) is 0 Å². The summed E-state index contributed by atoms with van der Waals surface area (Å²) < 4.78 is 17.0. The second-order valence-electron chi connectivity index (χ2n) is 5.89. The zero-order valence-electron chi connectivity index (χ0n) is 12.7. The van der Waals surface area contributed by atoms with Gasteiger partial charge in [0.25, 0.3) is 0 Å². The van der Waals surface area contributed by atoms with Crippen molar-refractivity contribution in [3.05, 3.63) is 23.7 Å². The monoisotopic (exact) mass is 298 g/mol. The van der Waals surface area contributed by atoms with Crippen LogP contribution in [0.3, 0.4) is 0 Å². The van der Waals surface area contributed by atoms with E-state index in [9.17, 15) is 4.55 Å². The van der Waals surface area contributed by atoms with Gasteiger partial charge in [0.05, 0.1) is 12.8 Å². The van der Waals surface area contributed by atoms with Gasteiger partial charge in [0.1, 0.15) is 17.3 Å². The first-order chi connectivity index (χ1) is 9.54. The zero-order chi connectivity index (χ0) is 14.5. The fourth-order valence-electron chi connectivity index (χ4n) is 2.49. The van der Waals surface area contributed by atoms with Gasteiger partial charge >= 0.3 is 0 Å². The molecule has 0 aliphatic carbocycles. The molecule has 1 unspecified atom stereocenters. The fraction of sp³-hybridized carbons (Fsp3) is 0.733. The van der Waals surface area contributed by atoms with E-state index in [1.54, 1.807) is 0 Å². The van der Waals surface area contributed by atoms with Crippen molar-refractivity contribution < 1.29 is 8.97 Å². The van der Waals surface area contributed by atoms with E-state index < -0.39 is 11.2 Å². The van der Waals surface area contributed by atoms with Gasteiger partial charge in [-0.2, -0.15) is 0 Å². The topological polar surface area (TPSA) is 51.5 Å². The standard InChI is InChI=1S/C15H26N2O2S/c1-12(2)16-10-15-9-14(11-19-15)8-13(3)17-4-6-20(18)7-5-17/h9,11-13,16H,4-8,10H2,1-3H3. The van der Waals surface area contributed by atoms with Crippen LogP contribution in [0.4, 0.5) is 0 Å². The third-order valence-electron chi connectivity index (χ3n) is 3.76. The molecule has 0 bridgehead atoms. The van der Waals surface area contributed by atoms with Crippen LogP contribution in [0, 0.1) is 0 Å². The highest BCUT2D eigenvalue weighted by atomic mass is 32.2. The molecular formula is C15H26N2O2S. The Balaban J connectivity index is 1.80. The van der Waals surface area contributed by atoms with Crippen LogP contribution < -0.4 is 5.32 Å². The Bertz CT molecular complexity index is 400. The number of rotatable bonds is 6. The van der Waals surface area contributed by atoms with Gasteiger partial charge in [-0.15, -0.1) is 0 Å². The minimum absolute atomic E-state index is 0.469. The van der Waals surface area contributed by atoms with E-state index in [4.69, 9.17) is 4.42 Å². The van der Waals surface area contributed by atoms with Crippen LogP contribution in [-0.2, 0) is 24.1 Å². The summed E-state index contributed by atoms with van der Waals surface area (Å²) in [7, 11) is 0. The van der Waals surface area contributed by atoms with E-state index in [1.165, 1.54) is 5.56 Å². The van der Waals surface area contributed by atoms with Crippen molar-refractivity contribution in [2.75, 3.05) is 24.6 Å². The Kier molecular flexibility index (Phi) is 5.96. The summed E-state index contributed by atoms with van der Waals surface area (Å²) in [6, 6.07) is 3.10. The maximum Gasteiger partial charge on any atom is 0.118 e. The van der Waals surface area contributed by atoms with E-state index in [0.29, 0.717) is 12.1 Å². The lowest BCUT2D eigenvalue weighted by Crippen LogP contribution is -2.45. The average Bonchev–Trinajstić information content (AvgIpc) is 2.84. The molecule has 1 aromatic heterocycles. The van der Waals surface area contributed by atoms with Gasteiger partial charge in [0.2, 0.25) is 0 Å². The van der Waals surface area contributed by atoms with Crippen LogP contribution >= 0.6 is 0 Å². The first-order valence-electron chi connectivity index (χ1n) is 7.43. The van der Waals surface area contributed by atoms with Gasteiger partial charge in [0, 0.05) is 25.2 Å². The smallest absolute Gasteiger partial charge is 0.118 e. The predicted molar refractivity (Wildman–Crippen MR) is 83.3 cm³/mol. The van der Waals surface area contributed by atoms with Crippen molar-refractivity contribution in [3.63, 3.8) is 0 Å².